The number of carbonyl (C=O) groups excluding carboxylic acids is 2. The summed E-state index contributed by atoms with van der Waals surface area (Å²) in [7, 11) is 0. The fraction of sp³-hybridized carbons (Fsp3) is 0.250. The fourth-order valence-electron chi connectivity index (χ4n) is 2.83. The monoisotopic (exact) mass is 266 g/mol. The van der Waals surface area contributed by atoms with E-state index < -0.39 is 0 Å². The molecule has 3 amide bonds. The predicted molar refractivity (Wildman–Crippen MR) is 76.6 cm³/mol. The quantitative estimate of drug-likeness (QED) is 0.784. The molecular weight excluding hydrogens is 252 g/mol. The molecule has 4 rings (SSSR count). The van der Waals surface area contributed by atoms with Gasteiger partial charge >= 0.3 is 6.03 Å². The highest BCUT2D eigenvalue weighted by atomic mass is 16.2. The van der Waals surface area contributed by atoms with E-state index in [1.54, 1.807) is 4.90 Å². The number of fused-ring (bicyclic) bond motifs is 1. The highest BCUT2D eigenvalue weighted by Gasteiger charge is 2.44. The van der Waals surface area contributed by atoms with Crippen molar-refractivity contribution in [1.82, 2.24) is 4.90 Å². The number of urea groups is 1. The zero-order valence-corrected chi connectivity index (χ0v) is 11.0. The summed E-state index contributed by atoms with van der Waals surface area (Å²) in [6, 6.07) is 13.6. The van der Waals surface area contributed by atoms with Crippen molar-refractivity contribution in [2.45, 2.75) is 18.9 Å². The Morgan fingerprint density at radius 2 is 1.70 bits per heavy atom. The summed E-state index contributed by atoms with van der Waals surface area (Å²) in [5, 5.41) is 1.98. The molecule has 0 aromatic heterocycles. The standard InChI is InChI=1S/C16H14N2O2/c19-15-10-17(12-8-9-12)16(20)18(15)14-7-3-5-11-4-1-2-6-13(11)14/h1-7,12H,8-10H2. The van der Waals surface area contributed by atoms with Gasteiger partial charge in [0.1, 0.15) is 6.54 Å². The van der Waals surface area contributed by atoms with Gasteiger partial charge in [0.2, 0.25) is 0 Å². The van der Waals surface area contributed by atoms with Crippen LogP contribution in [0.15, 0.2) is 42.5 Å². The third-order valence-electron chi connectivity index (χ3n) is 3.99. The van der Waals surface area contributed by atoms with Crippen molar-refractivity contribution in [3.8, 4) is 0 Å². The van der Waals surface area contributed by atoms with Gasteiger partial charge < -0.3 is 4.90 Å². The molecule has 2 aromatic carbocycles. The number of benzene rings is 2. The lowest BCUT2D eigenvalue weighted by atomic mass is 10.1. The first-order chi connectivity index (χ1) is 9.75. The maximum Gasteiger partial charge on any atom is 0.332 e. The van der Waals surface area contributed by atoms with E-state index in [-0.39, 0.29) is 24.5 Å². The Kier molecular flexibility index (Phi) is 2.33. The first-order valence-corrected chi connectivity index (χ1v) is 6.87. The summed E-state index contributed by atoms with van der Waals surface area (Å²) >= 11 is 0. The summed E-state index contributed by atoms with van der Waals surface area (Å²) in [4.78, 5) is 27.7. The van der Waals surface area contributed by atoms with Crippen molar-refractivity contribution < 1.29 is 9.59 Å². The minimum absolute atomic E-state index is 0.127. The number of nitrogens with zero attached hydrogens (tertiary/aromatic N) is 2. The second-order valence-electron chi connectivity index (χ2n) is 5.37. The Morgan fingerprint density at radius 3 is 2.50 bits per heavy atom. The topological polar surface area (TPSA) is 40.6 Å². The molecule has 0 radical (unpaired) electrons. The Bertz CT molecular complexity index is 716. The summed E-state index contributed by atoms with van der Waals surface area (Å²) in [5.41, 5.74) is 0.696. The van der Waals surface area contributed by atoms with Crippen LogP contribution in [-0.4, -0.2) is 29.4 Å². The number of anilines is 1. The minimum Gasteiger partial charge on any atom is -0.312 e. The first kappa shape index (κ1) is 11.5. The molecular formula is C16H14N2O2. The number of hydrogen-bond acceptors (Lipinski definition) is 2. The van der Waals surface area contributed by atoms with Crippen LogP contribution in [0.4, 0.5) is 10.5 Å². The van der Waals surface area contributed by atoms with Crippen LogP contribution in [0.25, 0.3) is 10.8 Å². The van der Waals surface area contributed by atoms with Crippen LogP contribution in [0.3, 0.4) is 0 Å². The van der Waals surface area contributed by atoms with Crippen LogP contribution in [0.2, 0.25) is 0 Å². The van der Waals surface area contributed by atoms with E-state index in [0.29, 0.717) is 5.69 Å². The number of amides is 3. The van der Waals surface area contributed by atoms with Gasteiger partial charge in [-0.1, -0.05) is 36.4 Å². The van der Waals surface area contributed by atoms with Crippen molar-refractivity contribution in [3.63, 3.8) is 0 Å². The molecule has 0 spiro atoms. The van der Waals surface area contributed by atoms with Gasteiger partial charge in [-0.15, -0.1) is 0 Å². The molecule has 1 saturated carbocycles. The molecule has 1 aliphatic heterocycles. The lowest BCUT2D eigenvalue weighted by Gasteiger charge is -2.18. The van der Waals surface area contributed by atoms with Gasteiger partial charge in [0.05, 0.1) is 5.69 Å². The Morgan fingerprint density at radius 1 is 0.950 bits per heavy atom. The third kappa shape index (κ3) is 1.61. The van der Waals surface area contributed by atoms with Crippen molar-refractivity contribution in [2.24, 2.45) is 0 Å². The molecule has 0 bridgehead atoms. The second kappa shape index (κ2) is 4.07. The molecule has 2 fully saturated rings. The molecule has 1 heterocycles. The Hall–Kier alpha value is -2.36. The zero-order chi connectivity index (χ0) is 13.7. The molecule has 1 saturated heterocycles. The number of rotatable bonds is 2. The van der Waals surface area contributed by atoms with Gasteiger partial charge in [0, 0.05) is 11.4 Å². The number of carbonyl (C=O) groups is 2. The van der Waals surface area contributed by atoms with E-state index in [1.807, 2.05) is 42.5 Å². The van der Waals surface area contributed by atoms with Gasteiger partial charge in [0.15, 0.2) is 0 Å². The summed E-state index contributed by atoms with van der Waals surface area (Å²) < 4.78 is 0. The highest BCUT2D eigenvalue weighted by molar-refractivity contribution is 6.23. The van der Waals surface area contributed by atoms with E-state index in [0.717, 1.165) is 23.6 Å². The van der Waals surface area contributed by atoms with Gasteiger partial charge in [-0.3, -0.25) is 4.79 Å². The van der Waals surface area contributed by atoms with E-state index in [2.05, 4.69) is 0 Å². The SMILES string of the molecule is O=C1CN(C2CC2)C(=O)N1c1cccc2ccccc12. The van der Waals surface area contributed by atoms with Crippen LogP contribution in [0.1, 0.15) is 12.8 Å². The van der Waals surface area contributed by atoms with E-state index >= 15 is 0 Å². The summed E-state index contributed by atoms with van der Waals surface area (Å²) in [6.45, 7) is 0.215. The van der Waals surface area contributed by atoms with Gasteiger partial charge in [0.25, 0.3) is 5.91 Å². The average Bonchev–Trinajstić information content (AvgIpc) is 3.25. The maximum absolute atomic E-state index is 12.5. The van der Waals surface area contributed by atoms with Crippen molar-refractivity contribution >= 4 is 28.4 Å². The third-order valence-corrected chi connectivity index (χ3v) is 3.99. The number of hydrogen-bond donors (Lipinski definition) is 0. The second-order valence-corrected chi connectivity index (χ2v) is 5.37. The largest absolute Gasteiger partial charge is 0.332 e. The fourth-order valence-corrected chi connectivity index (χ4v) is 2.83. The predicted octanol–water partition coefficient (Wildman–Crippen LogP) is 2.77. The smallest absolute Gasteiger partial charge is 0.312 e. The molecule has 1 aliphatic carbocycles. The molecule has 4 nitrogen and oxygen atoms in total. The molecule has 2 aromatic rings. The first-order valence-electron chi connectivity index (χ1n) is 6.87. The molecule has 100 valence electrons. The zero-order valence-electron chi connectivity index (χ0n) is 11.0. The van der Waals surface area contributed by atoms with Gasteiger partial charge in [-0.05, 0) is 24.3 Å². The van der Waals surface area contributed by atoms with Crippen LogP contribution >= 0.6 is 0 Å². The average molecular weight is 266 g/mol. The van der Waals surface area contributed by atoms with Crippen molar-refractivity contribution in [2.75, 3.05) is 11.4 Å². The summed E-state index contributed by atoms with van der Waals surface area (Å²) in [6.07, 6.45) is 2.03. The lowest BCUT2D eigenvalue weighted by molar-refractivity contribution is -0.116. The van der Waals surface area contributed by atoms with Crippen molar-refractivity contribution in [3.05, 3.63) is 42.5 Å². The molecule has 2 aliphatic rings. The van der Waals surface area contributed by atoms with Crippen LogP contribution in [0, 0.1) is 0 Å². The molecule has 20 heavy (non-hydrogen) atoms. The lowest BCUT2D eigenvalue weighted by Crippen LogP contribution is -2.34. The van der Waals surface area contributed by atoms with E-state index in [4.69, 9.17) is 0 Å². The maximum atomic E-state index is 12.5. The van der Waals surface area contributed by atoms with Crippen LogP contribution in [-0.2, 0) is 4.79 Å². The Balaban J connectivity index is 1.82. The van der Waals surface area contributed by atoms with Gasteiger partial charge in [-0.2, -0.15) is 0 Å². The van der Waals surface area contributed by atoms with Crippen molar-refractivity contribution in [1.29, 1.82) is 0 Å². The normalized spacial score (nSPS) is 19.2. The highest BCUT2D eigenvalue weighted by Crippen LogP contribution is 2.34. The van der Waals surface area contributed by atoms with Crippen LogP contribution in [0.5, 0.6) is 0 Å². The minimum atomic E-state index is -0.172. The number of imide groups is 1. The summed E-state index contributed by atoms with van der Waals surface area (Å²) in [5.74, 6) is -0.127. The van der Waals surface area contributed by atoms with Crippen LogP contribution < -0.4 is 4.90 Å². The van der Waals surface area contributed by atoms with E-state index in [1.165, 1.54) is 4.90 Å². The molecule has 0 N–H and O–H groups in total. The Labute approximate surface area is 116 Å². The van der Waals surface area contributed by atoms with Gasteiger partial charge in [-0.25, -0.2) is 9.69 Å². The molecule has 0 atom stereocenters. The molecule has 0 unspecified atom stereocenters. The van der Waals surface area contributed by atoms with E-state index in [9.17, 15) is 9.59 Å². The molecule has 4 heteroatoms.